The zero-order chi connectivity index (χ0) is 22.1. The van der Waals surface area contributed by atoms with E-state index in [0.717, 1.165) is 12.8 Å². The van der Waals surface area contributed by atoms with Crippen molar-refractivity contribution in [2.75, 3.05) is 41.3 Å². The van der Waals surface area contributed by atoms with Crippen molar-refractivity contribution in [2.45, 2.75) is 96.4 Å². The molecule has 0 aromatic heterocycles. The fourth-order valence-electron chi connectivity index (χ4n) is 3.60. The van der Waals surface area contributed by atoms with Gasteiger partial charge in [0.25, 0.3) is 0 Å². The van der Waals surface area contributed by atoms with Crippen molar-refractivity contribution >= 4 is 12.0 Å². The van der Waals surface area contributed by atoms with Gasteiger partial charge in [0.15, 0.2) is 0 Å². The first kappa shape index (κ1) is 27.7. The summed E-state index contributed by atoms with van der Waals surface area (Å²) in [5, 5.41) is 13.8. The predicted octanol–water partition coefficient (Wildman–Crippen LogP) is 3.54. The molecular formula is C23H47N3O3. The monoisotopic (exact) mass is 413 g/mol. The van der Waals surface area contributed by atoms with Gasteiger partial charge in [0.2, 0.25) is 0 Å². The highest BCUT2D eigenvalue weighted by atomic mass is 16.4. The number of nitrogens with zero attached hydrogens (tertiary/aromatic N) is 2. The molecule has 0 saturated carbocycles. The topological polar surface area (TPSA) is 72.5 Å². The van der Waals surface area contributed by atoms with Gasteiger partial charge in [0.1, 0.15) is 0 Å². The van der Waals surface area contributed by atoms with E-state index in [1.54, 1.807) is 11.9 Å². The molecule has 0 aliphatic carbocycles. The molecule has 0 saturated heterocycles. The molecule has 1 atom stereocenters. The van der Waals surface area contributed by atoms with Crippen LogP contribution in [0.5, 0.6) is 0 Å². The Labute approximate surface area is 179 Å². The smallest absolute Gasteiger partial charge is 0.317 e. The third-order valence-electron chi connectivity index (χ3n) is 5.20. The number of carbonyl (C=O) groups is 2. The number of carbonyl (C=O) groups excluding carboxylic acids is 2. The minimum absolute atomic E-state index is 0.159. The average Bonchev–Trinajstić information content (AvgIpc) is 2.60. The van der Waals surface area contributed by atoms with Gasteiger partial charge in [-0.2, -0.15) is 0 Å². The highest BCUT2D eigenvalue weighted by Gasteiger charge is 2.21. The third kappa shape index (κ3) is 18.5. The van der Waals surface area contributed by atoms with E-state index in [-0.39, 0.29) is 12.5 Å². The van der Waals surface area contributed by atoms with E-state index in [0.29, 0.717) is 17.6 Å². The average molecular weight is 414 g/mol. The Morgan fingerprint density at radius 2 is 1.31 bits per heavy atom. The van der Waals surface area contributed by atoms with Gasteiger partial charge in [-0.05, 0) is 6.42 Å². The number of urea groups is 1. The maximum atomic E-state index is 12.3. The quantitative estimate of drug-likeness (QED) is 0.276. The Hall–Kier alpha value is -1.30. The van der Waals surface area contributed by atoms with Crippen LogP contribution < -0.4 is 10.4 Å². The van der Waals surface area contributed by atoms with Crippen molar-refractivity contribution in [1.29, 1.82) is 0 Å². The lowest BCUT2D eigenvalue weighted by molar-refractivity contribution is -0.871. The number of rotatable bonds is 18. The van der Waals surface area contributed by atoms with Gasteiger partial charge >= 0.3 is 6.03 Å². The van der Waals surface area contributed by atoms with Crippen molar-refractivity contribution in [1.82, 2.24) is 10.2 Å². The molecule has 0 spiro atoms. The molecule has 172 valence electrons. The standard InChI is InChI=1S/C23H47N3O3/c1-6-7-8-9-10-11-12-13-14-15-16-17-18-25(2)23(29)24-21(19-22(27)28)20-26(3,4)5/h21H,6-20H2,1-5H3,(H-,24,27,28,29)/t21-/m1/s1. The summed E-state index contributed by atoms with van der Waals surface area (Å²) >= 11 is 0. The summed E-state index contributed by atoms with van der Waals surface area (Å²) < 4.78 is 0.584. The van der Waals surface area contributed by atoms with Gasteiger partial charge < -0.3 is 24.6 Å². The number of unbranched alkanes of at least 4 members (excludes halogenated alkanes) is 11. The van der Waals surface area contributed by atoms with Crippen LogP contribution in [0, 0.1) is 0 Å². The zero-order valence-corrected chi connectivity index (χ0v) is 19.8. The van der Waals surface area contributed by atoms with Crippen LogP contribution in [0.3, 0.4) is 0 Å². The number of likely N-dealkylation sites (N-methyl/N-ethyl adjacent to an activating group) is 1. The minimum atomic E-state index is -1.13. The molecule has 0 bridgehead atoms. The first-order valence-corrected chi connectivity index (χ1v) is 11.7. The second-order valence-electron chi connectivity index (χ2n) is 9.51. The van der Waals surface area contributed by atoms with Crippen LogP contribution in [-0.4, -0.2) is 68.7 Å². The van der Waals surface area contributed by atoms with Crippen molar-refractivity contribution < 1.29 is 19.2 Å². The molecule has 0 aromatic rings. The Morgan fingerprint density at radius 3 is 1.72 bits per heavy atom. The van der Waals surface area contributed by atoms with Gasteiger partial charge in [-0.15, -0.1) is 0 Å². The summed E-state index contributed by atoms with van der Waals surface area (Å²) in [6.07, 6.45) is 15.3. The van der Waals surface area contributed by atoms with Crippen LogP contribution >= 0.6 is 0 Å². The van der Waals surface area contributed by atoms with E-state index in [2.05, 4.69) is 12.2 Å². The summed E-state index contributed by atoms with van der Waals surface area (Å²) in [5.74, 6) is -1.13. The summed E-state index contributed by atoms with van der Waals surface area (Å²) in [6, 6.07) is -0.621. The van der Waals surface area contributed by atoms with Crippen LogP contribution in [0.2, 0.25) is 0 Å². The molecule has 29 heavy (non-hydrogen) atoms. The van der Waals surface area contributed by atoms with E-state index < -0.39 is 12.0 Å². The number of nitrogens with one attached hydrogen (secondary N) is 1. The van der Waals surface area contributed by atoms with E-state index >= 15 is 0 Å². The number of quaternary nitrogens is 1. The summed E-state index contributed by atoms with van der Waals surface area (Å²) in [5.41, 5.74) is 0. The molecule has 6 heteroatoms. The summed E-state index contributed by atoms with van der Waals surface area (Å²) in [4.78, 5) is 25.0. The lowest BCUT2D eigenvalue weighted by atomic mass is 10.1. The maximum absolute atomic E-state index is 12.3. The number of carboxylic acid groups (broad SMARTS) is 1. The summed E-state index contributed by atoms with van der Waals surface area (Å²) in [6.45, 7) is 3.50. The van der Waals surface area contributed by atoms with Crippen LogP contribution in [0.1, 0.15) is 90.4 Å². The predicted molar refractivity (Wildman–Crippen MR) is 119 cm³/mol. The van der Waals surface area contributed by atoms with Gasteiger partial charge in [0.05, 0.1) is 33.7 Å². The summed E-state index contributed by atoms with van der Waals surface area (Å²) in [7, 11) is 7.70. The van der Waals surface area contributed by atoms with E-state index in [1.165, 1.54) is 64.2 Å². The molecule has 0 fully saturated rings. The first-order valence-electron chi connectivity index (χ1n) is 11.7. The van der Waals surface area contributed by atoms with E-state index in [4.69, 9.17) is 0 Å². The number of aliphatic carboxylic acids is 1. The molecular weight excluding hydrogens is 366 g/mol. The second kappa shape index (κ2) is 16.5. The lowest BCUT2D eigenvalue weighted by Crippen LogP contribution is -2.53. The van der Waals surface area contributed by atoms with E-state index in [1.807, 2.05) is 21.1 Å². The van der Waals surface area contributed by atoms with Crippen molar-refractivity contribution in [3.63, 3.8) is 0 Å². The van der Waals surface area contributed by atoms with Gasteiger partial charge in [0, 0.05) is 26.0 Å². The molecule has 6 nitrogen and oxygen atoms in total. The molecule has 0 unspecified atom stereocenters. The minimum Gasteiger partial charge on any atom is -0.550 e. The van der Waals surface area contributed by atoms with Crippen LogP contribution in [0.15, 0.2) is 0 Å². The van der Waals surface area contributed by atoms with Crippen LogP contribution in [0.4, 0.5) is 4.79 Å². The Morgan fingerprint density at radius 1 is 0.862 bits per heavy atom. The largest absolute Gasteiger partial charge is 0.550 e. The lowest BCUT2D eigenvalue weighted by Gasteiger charge is -2.31. The molecule has 2 amide bonds. The second-order valence-corrected chi connectivity index (χ2v) is 9.51. The molecule has 0 aromatic carbocycles. The van der Waals surface area contributed by atoms with Crippen LogP contribution in [-0.2, 0) is 4.79 Å². The number of amides is 2. The van der Waals surface area contributed by atoms with Gasteiger partial charge in [-0.3, -0.25) is 0 Å². The molecule has 0 aliphatic rings. The van der Waals surface area contributed by atoms with Gasteiger partial charge in [-0.1, -0.05) is 77.6 Å². The highest BCUT2D eigenvalue weighted by molar-refractivity contribution is 5.75. The fourth-order valence-corrected chi connectivity index (χ4v) is 3.60. The third-order valence-corrected chi connectivity index (χ3v) is 5.20. The SMILES string of the molecule is CCCCCCCCCCCCCCN(C)C(=O)N[C@H](CC(=O)[O-])C[N+](C)(C)C. The molecule has 0 radical (unpaired) electrons. The van der Waals surface area contributed by atoms with Crippen molar-refractivity contribution in [3.8, 4) is 0 Å². The number of hydrogen-bond acceptors (Lipinski definition) is 3. The molecule has 0 heterocycles. The van der Waals surface area contributed by atoms with E-state index in [9.17, 15) is 14.7 Å². The molecule has 0 rings (SSSR count). The fraction of sp³-hybridized carbons (Fsp3) is 0.913. The Bertz CT molecular complexity index is 436. The normalized spacial score (nSPS) is 12.6. The molecule has 0 aliphatic heterocycles. The van der Waals surface area contributed by atoms with Crippen molar-refractivity contribution in [2.24, 2.45) is 0 Å². The zero-order valence-electron chi connectivity index (χ0n) is 19.8. The Balaban J connectivity index is 3.83. The Kier molecular flexibility index (Phi) is 15.8. The van der Waals surface area contributed by atoms with Gasteiger partial charge in [-0.25, -0.2) is 4.79 Å². The first-order chi connectivity index (χ1) is 13.7. The van der Waals surface area contributed by atoms with Crippen LogP contribution in [0.25, 0.3) is 0 Å². The maximum Gasteiger partial charge on any atom is 0.317 e. The van der Waals surface area contributed by atoms with Crippen molar-refractivity contribution in [3.05, 3.63) is 0 Å². The number of hydrogen-bond donors (Lipinski definition) is 1. The molecule has 1 N–H and O–H groups in total. The highest BCUT2D eigenvalue weighted by Crippen LogP contribution is 2.12. The number of carboxylic acids is 1.